The maximum absolute atomic E-state index is 12.0. The van der Waals surface area contributed by atoms with Crippen molar-refractivity contribution >= 4 is 11.8 Å². The van der Waals surface area contributed by atoms with Gasteiger partial charge in [-0.3, -0.25) is 4.79 Å². The van der Waals surface area contributed by atoms with Crippen LogP contribution in [0.15, 0.2) is 10.5 Å². The molecule has 0 aliphatic heterocycles. The summed E-state index contributed by atoms with van der Waals surface area (Å²) in [4.78, 5) is 21.8. The number of furan rings is 1. The van der Waals surface area contributed by atoms with Crippen molar-refractivity contribution in [2.75, 3.05) is 7.11 Å². The number of carbonyl (C=O) groups is 2. The average Bonchev–Trinajstić information content (AvgIpc) is 2.56. The van der Waals surface area contributed by atoms with Gasteiger partial charge < -0.3 is 9.15 Å². The van der Waals surface area contributed by atoms with E-state index in [0.29, 0.717) is 0 Å². The Morgan fingerprint density at radius 2 is 1.94 bits per heavy atom. The van der Waals surface area contributed by atoms with Crippen LogP contribution in [0, 0.1) is 6.92 Å². The van der Waals surface area contributed by atoms with Gasteiger partial charge in [0.15, 0.2) is 5.76 Å². The Kier molecular flexibility index (Phi) is 3.06. The van der Waals surface area contributed by atoms with Gasteiger partial charge in [-0.1, -0.05) is 0 Å². The number of carbonyl (C=O) groups excluding carboxylic acids is 2. The van der Waals surface area contributed by atoms with Crippen molar-refractivity contribution in [2.24, 2.45) is 0 Å². The van der Waals surface area contributed by atoms with E-state index in [1.807, 2.05) is 0 Å². The minimum absolute atomic E-state index is 0.0977. The van der Waals surface area contributed by atoms with Gasteiger partial charge in [-0.25, -0.2) is 4.79 Å². The molecule has 0 aliphatic rings. The lowest BCUT2D eigenvalue weighted by Gasteiger charge is -2.00. The number of halogens is 3. The molecular formula is C9H7F3O4. The summed E-state index contributed by atoms with van der Waals surface area (Å²) in [7, 11) is 1.07. The summed E-state index contributed by atoms with van der Waals surface area (Å²) < 4.78 is 45.0. The van der Waals surface area contributed by atoms with E-state index < -0.39 is 23.7 Å². The molecule has 1 rings (SSSR count). The van der Waals surface area contributed by atoms with Crippen molar-refractivity contribution in [3.05, 3.63) is 23.2 Å². The fraction of sp³-hybridized carbons (Fsp3) is 0.333. The molecule has 0 aliphatic carbocycles. The molecule has 0 aromatic carbocycles. The molecule has 0 radical (unpaired) electrons. The quantitative estimate of drug-likeness (QED) is 0.583. The van der Waals surface area contributed by atoms with Crippen LogP contribution in [0.1, 0.15) is 26.7 Å². The lowest BCUT2D eigenvalue weighted by atomic mass is 10.2. The number of alkyl halides is 3. The number of methoxy groups -OCH3 is 1. The van der Waals surface area contributed by atoms with Crippen LogP contribution in [0.2, 0.25) is 0 Å². The molecule has 0 amide bonds. The van der Waals surface area contributed by atoms with Gasteiger partial charge >= 0.3 is 17.9 Å². The van der Waals surface area contributed by atoms with Crippen molar-refractivity contribution in [2.45, 2.75) is 13.1 Å². The van der Waals surface area contributed by atoms with Crippen LogP contribution < -0.4 is 0 Å². The largest absolute Gasteiger partial charge is 0.465 e. The standard InChI is InChI=1S/C9H7F3O4/c1-4-5(8(14)15-2)3-6(16-4)7(13)9(10,11)12/h3H,1-2H3. The van der Waals surface area contributed by atoms with Crippen LogP contribution in [0.5, 0.6) is 0 Å². The highest BCUT2D eigenvalue weighted by Gasteiger charge is 2.42. The van der Waals surface area contributed by atoms with Crippen molar-refractivity contribution in [1.29, 1.82) is 0 Å². The van der Waals surface area contributed by atoms with Crippen molar-refractivity contribution in [1.82, 2.24) is 0 Å². The van der Waals surface area contributed by atoms with Crippen LogP contribution in [0.3, 0.4) is 0 Å². The zero-order valence-corrected chi connectivity index (χ0v) is 8.34. The molecule has 0 fully saturated rings. The predicted octanol–water partition coefficient (Wildman–Crippen LogP) is 2.12. The summed E-state index contributed by atoms with van der Waals surface area (Å²) in [5.74, 6) is -4.02. The fourth-order valence-electron chi connectivity index (χ4n) is 1.05. The molecular weight excluding hydrogens is 229 g/mol. The Hall–Kier alpha value is -1.79. The number of hydrogen-bond acceptors (Lipinski definition) is 4. The zero-order chi connectivity index (χ0) is 12.5. The van der Waals surface area contributed by atoms with E-state index in [4.69, 9.17) is 0 Å². The lowest BCUT2D eigenvalue weighted by Crippen LogP contribution is -2.22. The second-order valence-electron chi connectivity index (χ2n) is 2.90. The van der Waals surface area contributed by atoms with Gasteiger partial charge in [0.1, 0.15) is 11.3 Å². The molecule has 0 saturated carbocycles. The molecule has 1 aromatic heterocycles. The van der Waals surface area contributed by atoms with Crippen LogP contribution in [-0.4, -0.2) is 25.0 Å². The number of ketones is 1. The summed E-state index contributed by atoms with van der Waals surface area (Å²) in [5.41, 5.74) is -0.199. The molecule has 4 nitrogen and oxygen atoms in total. The third-order valence-electron chi connectivity index (χ3n) is 1.80. The van der Waals surface area contributed by atoms with Gasteiger partial charge in [-0.15, -0.1) is 0 Å². The molecule has 1 heterocycles. The van der Waals surface area contributed by atoms with E-state index in [-0.39, 0.29) is 11.3 Å². The zero-order valence-electron chi connectivity index (χ0n) is 8.34. The van der Waals surface area contributed by atoms with Crippen molar-refractivity contribution in [3.8, 4) is 0 Å². The maximum Gasteiger partial charge on any atom is 0.458 e. The molecule has 0 spiro atoms. The first-order chi connectivity index (χ1) is 7.27. The van der Waals surface area contributed by atoms with E-state index >= 15 is 0 Å². The number of esters is 1. The summed E-state index contributed by atoms with van der Waals surface area (Å²) >= 11 is 0. The molecule has 7 heteroatoms. The number of hydrogen-bond donors (Lipinski definition) is 0. The van der Waals surface area contributed by atoms with Crippen molar-refractivity contribution in [3.63, 3.8) is 0 Å². The molecule has 0 unspecified atom stereocenters. The molecule has 0 bridgehead atoms. The first-order valence-electron chi connectivity index (χ1n) is 4.07. The Labute approximate surface area is 88.0 Å². The SMILES string of the molecule is COC(=O)c1cc(C(=O)C(F)(F)F)oc1C. The third kappa shape index (κ3) is 2.23. The summed E-state index contributed by atoms with van der Waals surface area (Å²) in [5, 5.41) is 0. The topological polar surface area (TPSA) is 56.5 Å². The monoisotopic (exact) mass is 236 g/mol. The highest BCUT2D eigenvalue weighted by molar-refractivity contribution is 6.00. The minimum Gasteiger partial charge on any atom is -0.465 e. The molecule has 88 valence electrons. The average molecular weight is 236 g/mol. The van der Waals surface area contributed by atoms with Gasteiger partial charge in [0.25, 0.3) is 0 Å². The normalized spacial score (nSPS) is 11.3. The highest BCUT2D eigenvalue weighted by atomic mass is 19.4. The van der Waals surface area contributed by atoms with Crippen LogP contribution in [0.25, 0.3) is 0 Å². The Bertz CT molecular complexity index is 430. The molecule has 0 atom stereocenters. The molecule has 16 heavy (non-hydrogen) atoms. The molecule has 0 N–H and O–H groups in total. The van der Waals surface area contributed by atoms with Crippen LogP contribution in [-0.2, 0) is 4.74 Å². The van der Waals surface area contributed by atoms with E-state index in [1.54, 1.807) is 0 Å². The number of ether oxygens (including phenoxy) is 1. The number of aryl methyl sites for hydroxylation is 1. The third-order valence-corrected chi connectivity index (χ3v) is 1.80. The van der Waals surface area contributed by atoms with Crippen molar-refractivity contribution < 1.29 is 31.9 Å². The molecule has 0 saturated heterocycles. The Morgan fingerprint density at radius 3 is 2.38 bits per heavy atom. The Morgan fingerprint density at radius 1 is 1.38 bits per heavy atom. The van der Waals surface area contributed by atoms with Crippen LogP contribution in [0.4, 0.5) is 13.2 Å². The van der Waals surface area contributed by atoms with Crippen LogP contribution >= 0.6 is 0 Å². The summed E-state index contributed by atoms with van der Waals surface area (Å²) in [6, 6.07) is 0.719. The minimum atomic E-state index is -5.03. The van der Waals surface area contributed by atoms with Gasteiger partial charge in [-0.2, -0.15) is 13.2 Å². The first-order valence-corrected chi connectivity index (χ1v) is 4.07. The first kappa shape index (κ1) is 12.3. The van der Waals surface area contributed by atoms with Gasteiger partial charge in [-0.05, 0) is 6.92 Å². The highest BCUT2D eigenvalue weighted by Crippen LogP contribution is 2.24. The number of rotatable bonds is 2. The summed E-state index contributed by atoms with van der Waals surface area (Å²) in [6.45, 7) is 1.26. The van der Waals surface area contributed by atoms with E-state index in [2.05, 4.69) is 9.15 Å². The van der Waals surface area contributed by atoms with Gasteiger partial charge in [0, 0.05) is 6.07 Å². The second-order valence-corrected chi connectivity index (χ2v) is 2.90. The van der Waals surface area contributed by atoms with E-state index in [1.165, 1.54) is 6.92 Å². The second kappa shape index (κ2) is 3.99. The number of Topliss-reactive ketones (excluding diaryl/α,β-unsaturated/α-hetero) is 1. The molecule has 1 aromatic rings. The fourth-order valence-corrected chi connectivity index (χ4v) is 1.05. The Balaban J connectivity index is 3.11. The van der Waals surface area contributed by atoms with E-state index in [0.717, 1.165) is 13.2 Å². The van der Waals surface area contributed by atoms with Gasteiger partial charge in [0.05, 0.1) is 7.11 Å². The van der Waals surface area contributed by atoms with E-state index in [9.17, 15) is 22.8 Å². The maximum atomic E-state index is 12.0. The smallest absolute Gasteiger partial charge is 0.458 e. The predicted molar refractivity (Wildman–Crippen MR) is 45.2 cm³/mol. The lowest BCUT2D eigenvalue weighted by molar-refractivity contribution is -0.0899. The van der Waals surface area contributed by atoms with Gasteiger partial charge in [0.2, 0.25) is 0 Å². The summed E-state index contributed by atoms with van der Waals surface area (Å²) in [6.07, 6.45) is -5.03.